The maximum absolute atomic E-state index is 12.7. The van der Waals surface area contributed by atoms with Crippen molar-refractivity contribution in [3.63, 3.8) is 0 Å². The van der Waals surface area contributed by atoms with Crippen molar-refractivity contribution >= 4 is 57.7 Å². The van der Waals surface area contributed by atoms with Crippen LogP contribution in [0.25, 0.3) is 55.8 Å². The van der Waals surface area contributed by atoms with Crippen LogP contribution in [0.5, 0.6) is 23.0 Å². The van der Waals surface area contributed by atoms with Crippen molar-refractivity contribution < 1.29 is 39.6 Å². The van der Waals surface area contributed by atoms with E-state index in [1.54, 1.807) is 48.5 Å². The lowest BCUT2D eigenvalue weighted by molar-refractivity contribution is -0.117. The van der Waals surface area contributed by atoms with Gasteiger partial charge in [-0.15, -0.1) is 0 Å². The number of fused-ring (bicyclic) bond motifs is 13. The van der Waals surface area contributed by atoms with Gasteiger partial charge in [0.1, 0.15) is 23.0 Å². The summed E-state index contributed by atoms with van der Waals surface area (Å²) in [5, 5.41) is 52.7. The van der Waals surface area contributed by atoms with Crippen LogP contribution >= 0.6 is 0 Å². The molecule has 0 saturated heterocycles. The molecule has 0 radical (unpaired) electrons. The zero-order valence-electron chi connectivity index (χ0n) is 62.2. The Labute approximate surface area is 643 Å². The predicted molar refractivity (Wildman–Crippen MR) is 432 cm³/mol. The molecular weight excluding hydrogens is 1390 g/mol. The summed E-state index contributed by atoms with van der Waals surface area (Å²) in [5.74, 6) is 2.88. The highest BCUT2D eigenvalue weighted by Crippen LogP contribution is 2.39. The number of rotatable bonds is 15. The van der Waals surface area contributed by atoms with Gasteiger partial charge in [-0.1, -0.05) is 133 Å². The minimum Gasteiger partial charge on any atom is -0.508 e. The second kappa shape index (κ2) is 33.8. The first-order chi connectivity index (χ1) is 53.9. The smallest absolute Gasteiger partial charge is 0.229 e. The number of anilines is 4. The van der Waals surface area contributed by atoms with E-state index in [2.05, 4.69) is 59.4 Å². The van der Waals surface area contributed by atoms with Crippen molar-refractivity contribution in [2.24, 2.45) is 0 Å². The number of phenolic OH excluding ortho intramolecular Hbond substituents is 4. The summed E-state index contributed by atoms with van der Waals surface area (Å²) in [5.41, 5.74) is 22.3. The van der Waals surface area contributed by atoms with Crippen molar-refractivity contribution in [2.75, 3.05) is 21.3 Å². The molecule has 13 aromatic rings. The Kier molecular flexibility index (Phi) is 22.7. The first-order valence-corrected chi connectivity index (χ1v) is 37.4. The molecule has 9 aromatic carbocycles. The van der Waals surface area contributed by atoms with Gasteiger partial charge < -0.3 is 41.7 Å². The molecule has 20 heteroatoms. The second-order valence-electron chi connectivity index (χ2n) is 28.2. The molecule has 4 aromatic heterocycles. The lowest BCUT2D eigenvalue weighted by Crippen LogP contribution is -2.19. The number of benzene rings is 9. The number of nitrogens with zero attached hydrogens (tertiary/aromatic N) is 8. The van der Waals surface area contributed by atoms with Gasteiger partial charge in [-0.3, -0.25) is 19.2 Å². The second-order valence-corrected chi connectivity index (χ2v) is 28.2. The maximum atomic E-state index is 12.7. The molecule has 0 aliphatic heterocycles. The van der Waals surface area contributed by atoms with Gasteiger partial charge in [-0.2, -0.15) is 0 Å². The van der Waals surface area contributed by atoms with E-state index in [9.17, 15) is 39.6 Å². The van der Waals surface area contributed by atoms with E-state index in [-0.39, 0.29) is 53.0 Å². The van der Waals surface area contributed by atoms with Crippen LogP contribution in [0.4, 0.5) is 23.3 Å². The largest absolute Gasteiger partial charge is 0.508 e. The number of carbonyl (C=O) groups excluding carboxylic acids is 4. The lowest BCUT2D eigenvalue weighted by Gasteiger charge is -2.20. The average molecular weight is 1470 g/mol. The van der Waals surface area contributed by atoms with Crippen molar-refractivity contribution in [2.45, 2.75) is 124 Å². The highest BCUT2D eigenvalue weighted by atomic mass is 16.3. The van der Waals surface area contributed by atoms with Crippen LogP contribution in [0, 0.1) is 27.7 Å². The number of phenols is 4. The number of aryl methyl sites for hydroxylation is 14. The zero-order valence-corrected chi connectivity index (χ0v) is 62.2. The average Bonchev–Trinajstić information content (AvgIpc) is 0.791. The summed E-state index contributed by atoms with van der Waals surface area (Å²) >= 11 is 0. The SMILES string of the molecule is Cc1nc2c(nc1NC(=O)CCCc1ccccc1)CCc1cc(O)ccc1-2.Cc1nc2c(nc1NC(=O)CCc1ccccc1)CCc1cc(O)ccc1-2.Cc1nc2c(nc1NC(=O)Cc1ccc3ccccc3c1)CCc1cc(O)ccc1-2.Cc1nc2c(nc1NC(=O)Cc1ccccc1)CCc1cc(O)ccc1-2. The molecule has 4 aliphatic rings. The molecule has 0 unspecified atom stereocenters. The quantitative estimate of drug-likeness (QED) is 0.0473. The summed E-state index contributed by atoms with van der Waals surface area (Å²) in [7, 11) is 0. The molecule has 17 rings (SSSR count). The number of hydrogen-bond donors (Lipinski definition) is 8. The Morgan fingerprint density at radius 2 is 0.613 bits per heavy atom. The van der Waals surface area contributed by atoms with E-state index < -0.39 is 0 Å². The van der Waals surface area contributed by atoms with E-state index >= 15 is 0 Å². The number of aromatic hydroxyl groups is 4. The van der Waals surface area contributed by atoms with Crippen LogP contribution in [0.1, 0.15) is 109 Å². The third-order valence-electron chi connectivity index (χ3n) is 20.1. The highest BCUT2D eigenvalue weighted by Gasteiger charge is 2.27. The molecule has 20 nitrogen and oxygen atoms in total. The first-order valence-electron chi connectivity index (χ1n) is 37.4. The fourth-order valence-corrected chi connectivity index (χ4v) is 14.4. The molecule has 4 amide bonds. The maximum Gasteiger partial charge on any atom is 0.229 e. The lowest BCUT2D eigenvalue weighted by atomic mass is 9.91. The normalized spacial score (nSPS) is 12.2. The molecule has 0 fully saturated rings. The van der Waals surface area contributed by atoms with Crippen molar-refractivity contribution in [1.29, 1.82) is 0 Å². The highest BCUT2D eigenvalue weighted by molar-refractivity contribution is 5.95. The Morgan fingerprint density at radius 1 is 0.297 bits per heavy atom. The topological polar surface area (TPSA) is 300 Å². The first kappa shape index (κ1) is 74.5. The number of carbonyl (C=O) groups is 4. The van der Waals surface area contributed by atoms with Gasteiger partial charge >= 0.3 is 0 Å². The van der Waals surface area contributed by atoms with Gasteiger partial charge in [-0.05, 0) is 226 Å². The number of nitrogens with one attached hydrogen (secondary N) is 4. The van der Waals surface area contributed by atoms with E-state index in [4.69, 9.17) is 19.9 Å². The van der Waals surface area contributed by atoms with Gasteiger partial charge in [0.15, 0.2) is 23.3 Å². The standard InChI is InChI=1S/C25H21N3O2.C23H23N3O2.C22H21N3O2.C21H19N3O2/c1-15-25(27-22-11-8-19-14-20(29)9-10-21(19)24(22)26-15)28-23(30)13-16-6-7-17-4-2-3-5-18(17)12-16;1-15-23(26-21(28)9-5-8-16-6-3-2-4-7-16)25-20-13-10-17-14-18(27)11-12-19(17)22(20)24-15;1-14-22(25-20(27)12-7-15-5-3-2-4-6-15)24-19-11-8-16-13-17(26)9-10-18(16)21(19)23-14;1-13-21(24-19(26)11-14-5-3-2-4-6-14)23-18-10-7-15-12-16(25)8-9-17(15)20(18)22-13/h2-7,9-10,12,14,29H,8,11,13H2,1H3,(H,27,28,30);2-4,6-7,11-12,14,27H,5,8-10,13H2,1H3,(H,25,26,28);2-6,9-10,13,26H,7-8,11-12H2,1H3,(H,24,25,27);2-6,8-9,12,25H,7,10-11H2,1H3,(H,23,24,26). The summed E-state index contributed by atoms with van der Waals surface area (Å²) in [6, 6.07) is 65.3. The van der Waals surface area contributed by atoms with Crippen molar-refractivity contribution in [1.82, 2.24) is 39.9 Å². The van der Waals surface area contributed by atoms with Crippen LogP contribution < -0.4 is 21.3 Å². The minimum absolute atomic E-state index is 0.0330. The summed E-state index contributed by atoms with van der Waals surface area (Å²) < 4.78 is 0. The Balaban J connectivity index is 0.000000123. The fraction of sp³-hybridized carbons (Fsp3) is 0.209. The summed E-state index contributed by atoms with van der Waals surface area (Å²) in [6.45, 7) is 7.42. The van der Waals surface area contributed by atoms with Gasteiger partial charge in [0.2, 0.25) is 23.6 Å². The Bertz CT molecular complexity index is 5680. The van der Waals surface area contributed by atoms with E-state index in [1.165, 1.54) is 5.56 Å². The van der Waals surface area contributed by atoms with E-state index in [0.29, 0.717) is 71.7 Å². The fourth-order valence-electron chi connectivity index (χ4n) is 14.4. The minimum atomic E-state index is -0.108. The van der Waals surface area contributed by atoms with Crippen molar-refractivity contribution in [3.8, 4) is 68.0 Å². The third-order valence-corrected chi connectivity index (χ3v) is 20.1. The van der Waals surface area contributed by atoms with Gasteiger partial charge in [0.25, 0.3) is 0 Å². The molecule has 0 atom stereocenters. The van der Waals surface area contributed by atoms with Gasteiger partial charge in [0, 0.05) is 35.1 Å². The van der Waals surface area contributed by atoms with Crippen LogP contribution in [0.3, 0.4) is 0 Å². The van der Waals surface area contributed by atoms with Crippen LogP contribution in [0.15, 0.2) is 206 Å². The van der Waals surface area contributed by atoms with E-state index in [0.717, 1.165) is 182 Å². The molecule has 8 N–H and O–H groups in total. The van der Waals surface area contributed by atoms with Crippen LogP contribution in [-0.2, 0) is 96.2 Å². The zero-order chi connectivity index (χ0) is 77.1. The van der Waals surface area contributed by atoms with Crippen molar-refractivity contribution in [3.05, 3.63) is 296 Å². The van der Waals surface area contributed by atoms with Crippen LogP contribution in [-0.4, -0.2) is 83.9 Å². The number of hydrogen-bond acceptors (Lipinski definition) is 16. The summed E-state index contributed by atoms with van der Waals surface area (Å²) in [4.78, 5) is 87.2. The van der Waals surface area contributed by atoms with Gasteiger partial charge in [-0.25, -0.2) is 39.9 Å². The molecule has 0 bridgehead atoms. The molecule has 4 heterocycles. The monoisotopic (exact) mass is 1470 g/mol. The molecule has 0 saturated carbocycles. The summed E-state index contributed by atoms with van der Waals surface area (Å²) in [6.07, 6.45) is 9.97. The molecule has 4 aliphatic carbocycles. The van der Waals surface area contributed by atoms with E-state index in [1.807, 2.05) is 167 Å². The molecule has 111 heavy (non-hydrogen) atoms. The Hall–Kier alpha value is -13.4. The molecule has 556 valence electrons. The predicted octanol–water partition coefficient (Wildman–Crippen LogP) is 16.1. The molecular formula is C91H84N12O8. The number of aromatic nitrogens is 8. The molecule has 0 spiro atoms. The third kappa shape index (κ3) is 18.3. The van der Waals surface area contributed by atoms with Gasteiger partial charge in [0.05, 0.1) is 81.2 Å². The number of amides is 4. The Morgan fingerprint density at radius 3 is 0.991 bits per heavy atom. The van der Waals surface area contributed by atoms with Crippen LogP contribution in [0.2, 0.25) is 0 Å².